The third kappa shape index (κ3) is 5.38. The highest BCUT2D eigenvalue weighted by molar-refractivity contribution is 7.80. The van der Waals surface area contributed by atoms with Crippen molar-refractivity contribution in [2.45, 2.75) is 6.42 Å². The lowest BCUT2D eigenvalue weighted by Crippen LogP contribution is -2.33. The number of pyridine rings is 1. The van der Waals surface area contributed by atoms with Gasteiger partial charge in [0.15, 0.2) is 5.11 Å². The lowest BCUT2D eigenvalue weighted by atomic mass is 10.2. The maximum absolute atomic E-state index is 5.16. The SMILES string of the molecule is CN(C)CCCNC(=S)N/N=C/c1cnc2ccccc2c1. The van der Waals surface area contributed by atoms with Gasteiger partial charge in [0.05, 0.1) is 11.7 Å². The fourth-order valence-electron chi connectivity index (χ4n) is 1.96. The second-order valence-corrected chi connectivity index (χ2v) is 5.65. The Balaban J connectivity index is 1.79. The molecule has 0 amide bonds. The Morgan fingerprint density at radius 1 is 1.36 bits per heavy atom. The second-order valence-electron chi connectivity index (χ2n) is 5.24. The monoisotopic (exact) mass is 315 g/mol. The molecule has 22 heavy (non-hydrogen) atoms. The number of hydrogen-bond acceptors (Lipinski definition) is 4. The highest BCUT2D eigenvalue weighted by Gasteiger charge is 1.96. The molecule has 0 atom stereocenters. The highest BCUT2D eigenvalue weighted by atomic mass is 32.1. The number of aromatic nitrogens is 1. The Morgan fingerprint density at radius 2 is 2.18 bits per heavy atom. The molecule has 2 N–H and O–H groups in total. The lowest BCUT2D eigenvalue weighted by Gasteiger charge is -2.10. The van der Waals surface area contributed by atoms with Crippen molar-refractivity contribution in [3.63, 3.8) is 0 Å². The van der Waals surface area contributed by atoms with Crippen LogP contribution < -0.4 is 10.7 Å². The largest absolute Gasteiger partial charge is 0.361 e. The van der Waals surface area contributed by atoms with Gasteiger partial charge in [-0.3, -0.25) is 10.4 Å². The van der Waals surface area contributed by atoms with Crippen LogP contribution in [-0.2, 0) is 0 Å². The fourth-order valence-corrected chi connectivity index (χ4v) is 2.12. The van der Waals surface area contributed by atoms with Crippen LogP contribution in [0, 0.1) is 0 Å². The number of benzene rings is 1. The van der Waals surface area contributed by atoms with Crippen molar-refractivity contribution in [3.05, 3.63) is 42.1 Å². The summed E-state index contributed by atoms with van der Waals surface area (Å²) in [6.07, 6.45) is 4.54. The van der Waals surface area contributed by atoms with Crippen molar-refractivity contribution in [1.82, 2.24) is 20.6 Å². The Morgan fingerprint density at radius 3 is 3.00 bits per heavy atom. The minimum Gasteiger partial charge on any atom is -0.361 e. The molecule has 0 saturated carbocycles. The van der Waals surface area contributed by atoms with Crippen LogP contribution in [0.25, 0.3) is 10.9 Å². The van der Waals surface area contributed by atoms with E-state index in [-0.39, 0.29) is 0 Å². The number of nitrogens with one attached hydrogen (secondary N) is 2. The van der Waals surface area contributed by atoms with Gasteiger partial charge < -0.3 is 10.2 Å². The van der Waals surface area contributed by atoms with E-state index in [4.69, 9.17) is 12.2 Å². The van der Waals surface area contributed by atoms with E-state index in [1.54, 1.807) is 12.4 Å². The Hall–Kier alpha value is -2.05. The highest BCUT2D eigenvalue weighted by Crippen LogP contribution is 2.11. The van der Waals surface area contributed by atoms with Crippen LogP contribution in [0.1, 0.15) is 12.0 Å². The van der Waals surface area contributed by atoms with E-state index in [9.17, 15) is 0 Å². The number of hydrogen-bond donors (Lipinski definition) is 2. The van der Waals surface area contributed by atoms with Crippen LogP contribution in [0.3, 0.4) is 0 Å². The first kappa shape index (κ1) is 16.3. The maximum atomic E-state index is 5.16. The molecule has 0 aliphatic carbocycles. The first-order chi connectivity index (χ1) is 10.6. The zero-order valence-corrected chi connectivity index (χ0v) is 13.7. The number of fused-ring (bicyclic) bond motifs is 1. The molecule has 5 nitrogen and oxygen atoms in total. The fraction of sp³-hybridized carbons (Fsp3) is 0.312. The molecule has 0 saturated heterocycles. The van der Waals surface area contributed by atoms with Gasteiger partial charge in [0.25, 0.3) is 0 Å². The predicted molar refractivity (Wildman–Crippen MR) is 96.2 cm³/mol. The van der Waals surface area contributed by atoms with Crippen LogP contribution in [-0.4, -0.2) is 48.4 Å². The molecule has 0 radical (unpaired) electrons. The Kier molecular flexibility index (Phi) is 6.24. The minimum absolute atomic E-state index is 0.531. The maximum Gasteiger partial charge on any atom is 0.186 e. The Labute approximate surface area is 136 Å². The summed E-state index contributed by atoms with van der Waals surface area (Å²) in [5, 5.41) is 8.88. The first-order valence-corrected chi connectivity index (χ1v) is 7.62. The van der Waals surface area contributed by atoms with Gasteiger partial charge in [-0.05, 0) is 51.4 Å². The number of para-hydroxylation sites is 1. The summed E-state index contributed by atoms with van der Waals surface area (Å²) < 4.78 is 0. The van der Waals surface area contributed by atoms with Crippen molar-refractivity contribution in [2.24, 2.45) is 5.10 Å². The minimum atomic E-state index is 0.531. The van der Waals surface area contributed by atoms with E-state index in [0.717, 1.165) is 36.0 Å². The van der Waals surface area contributed by atoms with Crippen LogP contribution >= 0.6 is 12.2 Å². The molecule has 1 heterocycles. The zero-order valence-electron chi connectivity index (χ0n) is 12.9. The summed E-state index contributed by atoms with van der Waals surface area (Å²) in [5.74, 6) is 0. The number of nitrogens with zero attached hydrogens (tertiary/aromatic N) is 3. The first-order valence-electron chi connectivity index (χ1n) is 7.21. The molecule has 0 unspecified atom stereocenters. The topological polar surface area (TPSA) is 52.5 Å². The molecular formula is C16H21N5S. The molecule has 2 aromatic rings. The molecule has 116 valence electrons. The van der Waals surface area contributed by atoms with Crippen molar-refractivity contribution in [2.75, 3.05) is 27.2 Å². The van der Waals surface area contributed by atoms with Crippen molar-refractivity contribution < 1.29 is 0 Å². The van der Waals surface area contributed by atoms with Crippen LogP contribution in [0.15, 0.2) is 41.6 Å². The van der Waals surface area contributed by atoms with Gasteiger partial charge in [-0.1, -0.05) is 18.2 Å². The molecule has 1 aromatic heterocycles. The predicted octanol–water partition coefficient (Wildman–Crippen LogP) is 1.98. The molecule has 0 spiro atoms. The van der Waals surface area contributed by atoms with Crippen molar-refractivity contribution >= 4 is 34.4 Å². The average Bonchev–Trinajstić information content (AvgIpc) is 2.51. The average molecular weight is 315 g/mol. The standard InChI is InChI=1S/C16H21N5S/c1-21(2)9-5-8-17-16(22)20-19-12-13-10-14-6-3-4-7-15(14)18-11-13/h3-4,6-7,10-12H,5,8-9H2,1-2H3,(H2,17,20,22)/b19-12+. The summed E-state index contributed by atoms with van der Waals surface area (Å²) in [6.45, 7) is 1.86. The van der Waals surface area contributed by atoms with Crippen LogP contribution in [0.5, 0.6) is 0 Å². The summed E-state index contributed by atoms with van der Waals surface area (Å²) in [5.41, 5.74) is 4.73. The van der Waals surface area contributed by atoms with E-state index in [1.807, 2.05) is 30.3 Å². The zero-order chi connectivity index (χ0) is 15.8. The normalized spacial score (nSPS) is 11.2. The van der Waals surface area contributed by atoms with E-state index in [1.165, 1.54) is 0 Å². The van der Waals surface area contributed by atoms with Crippen LogP contribution in [0.4, 0.5) is 0 Å². The second kappa shape index (κ2) is 8.41. The van der Waals surface area contributed by atoms with Gasteiger partial charge >= 0.3 is 0 Å². The summed E-state index contributed by atoms with van der Waals surface area (Å²) in [7, 11) is 4.11. The van der Waals surface area contributed by atoms with E-state index < -0.39 is 0 Å². The summed E-state index contributed by atoms with van der Waals surface area (Å²) in [6, 6.07) is 10.0. The molecular weight excluding hydrogens is 294 g/mol. The molecule has 0 fully saturated rings. The van der Waals surface area contributed by atoms with Crippen LogP contribution in [0.2, 0.25) is 0 Å². The van der Waals surface area contributed by atoms with E-state index in [0.29, 0.717) is 5.11 Å². The summed E-state index contributed by atoms with van der Waals surface area (Å²) in [4.78, 5) is 6.53. The third-order valence-corrected chi connectivity index (χ3v) is 3.29. The number of hydrazone groups is 1. The quantitative estimate of drug-likeness (QED) is 0.369. The summed E-state index contributed by atoms with van der Waals surface area (Å²) >= 11 is 5.16. The molecule has 6 heteroatoms. The molecule has 2 rings (SSSR count). The third-order valence-electron chi connectivity index (χ3n) is 3.06. The van der Waals surface area contributed by atoms with Gasteiger partial charge in [0, 0.05) is 23.7 Å². The molecule has 1 aromatic carbocycles. The van der Waals surface area contributed by atoms with E-state index >= 15 is 0 Å². The number of thiocarbonyl (C=S) groups is 1. The molecule has 0 aliphatic rings. The van der Waals surface area contributed by atoms with Crippen molar-refractivity contribution in [1.29, 1.82) is 0 Å². The van der Waals surface area contributed by atoms with Gasteiger partial charge in [0.1, 0.15) is 0 Å². The van der Waals surface area contributed by atoms with Gasteiger partial charge in [-0.25, -0.2) is 0 Å². The van der Waals surface area contributed by atoms with Gasteiger partial charge in [-0.15, -0.1) is 0 Å². The Bertz CT molecular complexity index is 654. The van der Waals surface area contributed by atoms with E-state index in [2.05, 4.69) is 39.8 Å². The molecule has 0 aliphatic heterocycles. The van der Waals surface area contributed by atoms with Crippen molar-refractivity contribution in [3.8, 4) is 0 Å². The van der Waals surface area contributed by atoms with Gasteiger partial charge in [-0.2, -0.15) is 5.10 Å². The lowest BCUT2D eigenvalue weighted by molar-refractivity contribution is 0.400. The number of rotatable bonds is 6. The molecule has 0 bridgehead atoms. The smallest absolute Gasteiger partial charge is 0.186 e. The van der Waals surface area contributed by atoms with Gasteiger partial charge in [0.2, 0.25) is 0 Å².